The SMILES string of the molecule is CCOc1ccc(N)c(SCC(F)F)c1. The first-order valence-corrected chi connectivity index (χ1v) is 5.55. The molecule has 0 aliphatic rings. The van der Waals surface area contributed by atoms with E-state index in [0.29, 0.717) is 22.9 Å². The molecule has 0 unspecified atom stereocenters. The summed E-state index contributed by atoms with van der Waals surface area (Å²) in [5, 5.41) is 0. The van der Waals surface area contributed by atoms with Crippen LogP contribution in [0.25, 0.3) is 0 Å². The molecule has 1 rings (SSSR count). The quantitative estimate of drug-likeness (QED) is 0.627. The molecule has 0 bridgehead atoms. The summed E-state index contributed by atoms with van der Waals surface area (Å²) < 4.78 is 29.3. The van der Waals surface area contributed by atoms with Crippen LogP contribution >= 0.6 is 11.8 Å². The van der Waals surface area contributed by atoms with Crippen molar-refractivity contribution in [1.82, 2.24) is 0 Å². The van der Waals surface area contributed by atoms with E-state index in [2.05, 4.69) is 0 Å². The van der Waals surface area contributed by atoms with E-state index in [1.54, 1.807) is 18.2 Å². The summed E-state index contributed by atoms with van der Waals surface area (Å²) in [6.07, 6.45) is -2.33. The van der Waals surface area contributed by atoms with E-state index in [1.165, 1.54) is 0 Å². The average Bonchev–Trinajstić information content (AvgIpc) is 2.19. The van der Waals surface area contributed by atoms with Gasteiger partial charge >= 0.3 is 0 Å². The number of ether oxygens (including phenoxy) is 1. The maximum absolute atomic E-state index is 12.0. The van der Waals surface area contributed by atoms with Crippen LogP contribution in [-0.2, 0) is 0 Å². The largest absolute Gasteiger partial charge is 0.494 e. The highest BCUT2D eigenvalue weighted by Crippen LogP contribution is 2.30. The summed E-state index contributed by atoms with van der Waals surface area (Å²) in [5.41, 5.74) is 6.15. The number of hydrogen-bond donors (Lipinski definition) is 1. The molecule has 0 aromatic heterocycles. The van der Waals surface area contributed by atoms with Crippen molar-refractivity contribution < 1.29 is 13.5 Å². The lowest BCUT2D eigenvalue weighted by atomic mass is 10.3. The lowest BCUT2D eigenvalue weighted by Crippen LogP contribution is -1.97. The summed E-state index contributed by atoms with van der Waals surface area (Å²) in [6.45, 7) is 2.41. The second kappa shape index (κ2) is 5.80. The normalized spacial score (nSPS) is 10.7. The Morgan fingerprint density at radius 2 is 2.20 bits per heavy atom. The molecule has 0 fully saturated rings. The standard InChI is InChI=1S/C10H13F2NOS/c1-2-14-7-3-4-8(13)9(5-7)15-6-10(11)12/h3-5,10H,2,6,13H2,1H3. The zero-order valence-corrected chi connectivity index (χ0v) is 9.19. The van der Waals surface area contributed by atoms with Crippen LogP contribution < -0.4 is 10.5 Å². The van der Waals surface area contributed by atoms with Crippen LogP contribution in [-0.4, -0.2) is 18.8 Å². The zero-order chi connectivity index (χ0) is 11.3. The molecule has 0 spiro atoms. The number of thioether (sulfide) groups is 1. The van der Waals surface area contributed by atoms with Crippen molar-refractivity contribution in [3.8, 4) is 5.75 Å². The summed E-state index contributed by atoms with van der Waals surface area (Å²) in [5.74, 6) is 0.406. The van der Waals surface area contributed by atoms with Crippen molar-refractivity contribution >= 4 is 17.4 Å². The van der Waals surface area contributed by atoms with Gasteiger partial charge in [0.25, 0.3) is 0 Å². The Labute approximate surface area is 91.8 Å². The molecule has 0 aliphatic heterocycles. The topological polar surface area (TPSA) is 35.2 Å². The Morgan fingerprint density at radius 1 is 1.47 bits per heavy atom. The fourth-order valence-corrected chi connectivity index (χ4v) is 1.79. The number of benzene rings is 1. The van der Waals surface area contributed by atoms with Crippen molar-refractivity contribution in [2.45, 2.75) is 18.2 Å². The highest BCUT2D eigenvalue weighted by atomic mass is 32.2. The molecule has 0 aliphatic carbocycles. The van der Waals surface area contributed by atoms with Gasteiger partial charge in [0.2, 0.25) is 6.43 Å². The molecule has 5 heteroatoms. The van der Waals surface area contributed by atoms with E-state index in [1.807, 2.05) is 6.92 Å². The Bertz CT molecular complexity index is 320. The van der Waals surface area contributed by atoms with Crippen molar-refractivity contribution in [3.63, 3.8) is 0 Å². The van der Waals surface area contributed by atoms with E-state index >= 15 is 0 Å². The van der Waals surface area contributed by atoms with Crippen molar-refractivity contribution in [2.75, 3.05) is 18.1 Å². The fraction of sp³-hybridized carbons (Fsp3) is 0.400. The van der Waals surface area contributed by atoms with E-state index in [4.69, 9.17) is 10.5 Å². The number of rotatable bonds is 5. The molecule has 0 radical (unpaired) electrons. The predicted molar refractivity (Wildman–Crippen MR) is 58.8 cm³/mol. The molecule has 0 heterocycles. The average molecular weight is 233 g/mol. The third-order valence-electron chi connectivity index (χ3n) is 1.66. The number of hydrogen-bond acceptors (Lipinski definition) is 3. The van der Waals surface area contributed by atoms with Crippen molar-refractivity contribution in [1.29, 1.82) is 0 Å². The molecule has 2 nitrogen and oxygen atoms in total. The highest BCUT2D eigenvalue weighted by Gasteiger charge is 2.07. The monoisotopic (exact) mass is 233 g/mol. The Balaban J connectivity index is 2.71. The number of halogens is 2. The molecular formula is C10H13F2NOS. The molecule has 2 N–H and O–H groups in total. The molecule has 0 amide bonds. The minimum atomic E-state index is -2.33. The van der Waals surface area contributed by atoms with Crippen LogP contribution in [0.2, 0.25) is 0 Å². The smallest absolute Gasteiger partial charge is 0.247 e. The summed E-state index contributed by atoms with van der Waals surface area (Å²) in [4.78, 5) is 0.640. The Hall–Kier alpha value is -0.970. The first kappa shape index (κ1) is 12.1. The molecule has 0 atom stereocenters. The van der Waals surface area contributed by atoms with Crippen LogP contribution in [0, 0.1) is 0 Å². The van der Waals surface area contributed by atoms with Crippen LogP contribution in [0.5, 0.6) is 5.75 Å². The lowest BCUT2D eigenvalue weighted by molar-refractivity contribution is 0.177. The molecular weight excluding hydrogens is 220 g/mol. The van der Waals surface area contributed by atoms with Crippen LogP contribution in [0.3, 0.4) is 0 Å². The van der Waals surface area contributed by atoms with Crippen molar-refractivity contribution in [2.24, 2.45) is 0 Å². The van der Waals surface area contributed by atoms with Gasteiger partial charge in [-0.2, -0.15) is 0 Å². The van der Waals surface area contributed by atoms with Gasteiger partial charge in [0.05, 0.1) is 12.4 Å². The van der Waals surface area contributed by atoms with Crippen LogP contribution in [0.1, 0.15) is 6.92 Å². The van der Waals surface area contributed by atoms with Gasteiger partial charge in [-0.15, -0.1) is 11.8 Å². The van der Waals surface area contributed by atoms with Gasteiger partial charge in [-0.1, -0.05) is 0 Å². The van der Waals surface area contributed by atoms with Gasteiger partial charge < -0.3 is 10.5 Å². The molecule has 1 aromatic carbocycles. The lowest BCUT2D eigenvalue weighted by Gasteiger charge is -2.08. The molecule has 0 saturated heterocycles. The molecule has 1 aromatic rings. The predicted octanol–water partition coefficient (Wildman–Crippen LogP) is 3.02. The van der Waals surface area contributed by atoms with Gasteiger partial charge in [0.15, 0.2) is 0 Å². The van der Waals surface area contributed by atoms with Crippen LogP contribution in [0.15, 0.2) is 23.1 Å². The fourth-order valence-electron chi connectivity index (χ4n) is 1.05. The van der Waals surface area contributed by atoms with Gasteiger partial charge in [0.1, 0.15) is 5.75 Å². The molecule has 84 valence electrons. The minimum Gasteiger partial charge on any atom is -0.494 e. The summed E-state index contributed by atoms with van der Waals surface area (Å²) in [7, 11) is 0. The van der Waals surface area contributed by atoms with Gasteiger partial charge in [-0.05, 0) is 25.1 Å². The minimum absolute atomic E-state index is 0.250. The Kier molecular flexibility index (Phi) is 4.68. The highest BCUT2D eigenvalue weighted by molar-refractivity contribution is 7.99. The van der Waals surface area contributed by atoms with Gasteiger partial charge in [-0.3, -0.25) is 0 Å². The third-order valence-corrected chi connectivity index (χ3v) is 2.74. The van der Waals surface area contributed by atoms with Gasteiger partial charge in [0, 0.05) is 10.6 Å². The maximum atomic E-state index is 12.0. The Morgan fingerprint density at radius 3 is 2.80 bits per heavy atom. The first-order valence-electron chi connectivity index (χ1n) is 4.56. The number of nitrogens with two attached hydrogens (primary N) is 1. The maximum Gasteiger partial charge on any atom is 0.247 e. The molecule has 15 heavy (non-hydrogen) atoms. The van der Waals surface area contributed by atoms with E-state index in [9.17, 15) is 8.78 Å². The van der Waals surface area contributed by atoms with Gasteiger partial charge in [-0.25, -0.2) is 8.78 Å². The van der Waals surface area contributed by atoms with E-state index in [0.717, 1.165) is 11.8 Å². The number of nitrogen functional groups attached to an aromatic ring is 1. The third kappa shape index (κ3) is 3.95. The second-order valence-electron chi connectivity index (χ2n) is 2.83. The summed E-state index contributed by atoms with van der Waals surface area (Å²) >= 11 is 1.04. The molecule has 0 saturated carbocycles. The van der Waals surface area contributed by atoms with E-state index in [-0.39, 0.29) is 5.75 Å². The zero-order valence-electron chi connectivity index (χ0n) is 8.37. The second-order valence-corrected chi connectivity index (χ2v) is 3.90. The first-order chi connectivity index (χ1) is 7.13. The van der Waals surface area contributed by atoms with Crippen molar-refractivity contribution in [3.05, 3.63) is 18.2 Å². The summed E-state index contributed by atoms with van der Waals surface area (Å²) in [6, 6.07) is 5.08. The number of anilines is 1. The number of alkyl halides is 2. The van der Waals surface area contributed by atoms with E-state index < -0.39 is 6.43 Å². The van der Waals surface area contributed by atoms with Crippen LogP contribution in [0.4, 0.5) is 14.5 Å².